The van der Waals surface area contributed by atoms with E-state index in [9.17, 15) is 30.6 Å². The van der Waals surface area contributed by atoms with Crippen molar-refractivity contribution in [3.05, 3.63) is 136 Å². The minimum atomic E-state index is -1.16. The van der Waals surface area contributed by atoms with Gasteiger partial charge in [-0.1, -0.05) is 42.2 Å². The summed E-state index contributed by atoms with van der Waals surface area (Å²) in [7, 11) is 0. The van der Waals surface area contributed by atoms with Gasteiger partial charge in [-0.2, -0.15) is 0 Å². The molecule has 0 fully saturated rings. The average Bonchev–Trinajstić information content (AvgIpc) is 3.25. The largest absolute Gasteiger partial charge is 0.508 e. The highest BCUT2D eigenvalue weighted by molar-refractivity contribution is 5.92. The van der Waals surface area contributed by atoms with Crippen LogP contribution in [-0.4, -0.2) is 30.6 Å². The van der Waals surface area contributed by atoms with Gasteiger partial charge in [-0.15, -0.1) is 0 Å². The lowest BCUT2D eigenvalue weighted by molar-refractivity contribution is 0.280. The maximum absolute atomic E-state index is 11.4. The molecule has 0 saturated carbocycles. The molecule has 6 nitrogen and oxygen atoms in total. The molecule has 0 amide bonds. The standard InChI is InChI=1S/C34H24O6/c35-19-21-17-31(40)32-29-16-14-27(39)18-30(29)34(22-4-10-25(37)11-5-22,23-6-12-26(38)13-7-23)33(32)28(21)15-3-20-1-8-24(36)9-2-20/h1-2,4-14,16-18,35-40H,19H2. The third kappa shape index (κ3) is 3.80. The zero-order valence-corrected chi connectivity index (χ0v) is 21.1. The second-order valence-electron chi connectivity index (χ2n) is 9.71. The van der Waals surface area contributed by atoms with Gasteiger partial charge in [0.15, 0.2) is 0 Å². The van der Waals surface area contributed by atoms with Crippen LogP contribution in [-0.2, 0) is 12.0 Å². The summed E-state index contributed by atoms with van der Waals surface area (Å²) < 4.78 is 0. The van der Waals surface area contributed by atoms with Crippen molar-refractivity contribution in [1.82, 2.24) is 0 Å². The van der Waals surface area contributed by atoms with Gasteiger partial charge in [0.2, 0.25) is 0 Å². The number of phenols is 5. The van der Waals surface area contributed by atoms with Crippen LogP contribution in [0.5, 0.6) is 28.7 Å². The maximum atomic E-state index is 11.4. The second kappa shape index (κ2) is 9.42. The van der Waals surface area contributed by atoms with Gasteiger partial charge in [-0.25, -0.2) is 0 Å². The first kappa shape index (κ1) is 24.9. The first-order valence-corrected chi connectivity index (χ1v) is 12.6. The Morgan fingerprint density at radius 2 is 1.10 bits per heavy atom. The molecule has 0 aromatic heterocycles. The number of aromatic hydroxyl groups is 5. The Labute approximate surface area is 230 Å². The van der Waals surface area contributed by atoms with Crippen molar-refractivity contribution >= 4 is 0 Å². The molecule has 5 aromatic rings. The van der Waals surface area contributed by atoms with E-state index in [0.29, 0.717) is 50.1 Å². The minimum Gasteiger partial charge on any atom is -0.508 e. The second-order valence-corrected chi connectivity index (χ2v) is 9.71. The minimum absolute atomic E-state index is 0.0205. The number of phenolic OH excluding ortho intramolecular Hbond substituents is 5. The van der Waals surface area contributed by atoms with E-state index in [4.69, 9.17) is 0 Å². The summed E-state index contributed by atoms with van der Waals surface area (Å²) in [5.41, 5.74) is 4.22. The summed E-state index contributed by atoms with van der Waals surface area (Å²) in [6, 6.07) is 26.2. The van der Waals surface area contributed by atoms with Gasteiger partial charge in [-0.05, 0) is 100 Å². The van der Waals surface area contributed by atoms with Crippen molar-refractivity contribution in [3.63, 3.8) is 0 Å². The molecule has 0 heterocycles. The summed E-state index contributed by atoms with van der Waals surface area (Å²) in [5.74, 6) is 6.57. The molecule has 0 unspecified atom stereocenters. The van der Waals surface area contributed by atoms with Crippen LogP contribution in [0.3, 0.4) is 0 Å². The number of hydrogen-bond donors (Lipinski definition) is 6. The Balaban J connectivity index is 1.80. The molecule has 0 aliphatic heterocycles. The molecule has 196 valence electrons. The van der Waals surface area contributed by atoms with Gasteiger partial charge < -0.3 is 30.6 Å². The average molecular weight is 529 g/mol. The van der Waals surface area contributed by atoms with Gasteiger partial charge in [0.1, 0.15) is 28.7 Å². The van der Waals surface area contributed by atoms with E-state index in [0.717, 1.165) is 0 Å². The molecule has 0 saturated heterocycles. The van der Waals surface area contributed by atoms with E-state index in [1.54, 1.807) is 78.9 Å². The van der Waals surface area contributed by atoms with Gasteiger partial charge in [0, 0.05) is 16.7 Å². The van der Waals surface area contributed by atoms with Crippen LogP contribution in [0.2, 0.25) is 0 Å². The number of hydrogen-bond acceptors (Lipinski definition) is 6. The van der Waals surface area contributed by atoms with Crippen LogP contribution in [0, 0.1) is 11.8 Å². The molecule has 0 radical (unpaired) electrons. The lowest BCUT2D eigenvalue weighted by Crippen LogP contribution is -2.30. The van der Waals surface area contributed by atoms with E-state index in [-0.39, 0.29) is 28.7 Å². The number of aliphatic hydroxyl groups is 1. The molecular weight excluding hydrogens is 504 g/mol. The van der Waals surface area contributed by atoms with Gasteiger partial charge in [0.05, 0.1) is 12.0 Å². The van der Waals surface area contributed by atoms with E-state index < -0.39 is 12.0 Å². The number of fused-ring (bicyclic) bond motifs is 3. The van der Waals surface area contributed by atoms with Gasteiger partial charge in [-0.3, -0.25) is 0 Å². The van der Waals surface area contributed by atoms with Crippen molar-refractivity contribution in [2.75, 3.05) is 0 Å². The monoisotopic (exact) mass is 528 g/mol. The summed E-state index contributed by atoms with van der Waals surface area (Å²) in [6.07, 6.45) is 0. The smallest absolute Gasteiger partial charge is 0.124 e. The van der Waals surface area contributed by atoms with Crippen molar-refractivity contribution < 1.29 is 30.6 Å². The first-order chi connectivity index (χ1) is 19.3. The molecule has 0 bridgehead atoms. The van der Waals surface area contributed by atoms with E-state index in [1.165, 1.54) is 18.2 Å². The van der Waals surface area contributed by atoms with Gasteiger partial charge >= 0.3 is 0 Å². The van der Waals surface area contributed by atoms with Crippen molar-refractivity contribution in [2.45, 2.75) is 12.0 Å². The predicted molar refractivity (Wildman–Crippen MR) is 150 cm³/mol. The van der Waals surface area contributed by atoms with Crippen LogP contribution in [0.25, 0.3) is 11.1 Å². The van der Waals surface area contributed by atoms with E-state index >= 15 is 0 Å². The molecule has 6 rings (SSSR count). The van der Waals surface area contributed by atoms with Crippen LogP contribution in [0.1, 0.15) is 38.9 Å². The topological polar surface area (TPSA) is 121 Å². The predicted octanol–water partition coefficient (Wildman–Crippen LogP) is 5.47. The summed E-state index contributed by atoms with van der Waals surface area (Å²) >= 11 is 0. The van der Waals surface area contributed by atoms with Crippen molar-refractivity contribution in [2.24, 2.45) is 0 Å². The molecule has 0 atom stereocenters. The Kier molecular flexibility index (Phi) is 5.87. The first-order valence-electron chi connectivity index (χ1n) is 12.6. The highest BCUT2D eigenvalue weighted by atomic mass is 16.3. The van der Waals surface area contributed by atoms with Gasteiger partial charge in [0.25, 0.3) is 0 Å². The molecule has 0 spiro atoms. The number of benzene rings is 5. The Morgan fingerprint density at radius 3 is 1.65 bits per heavy atom. The van der Waals surface area contributed by atoms with Crippen LogP contribution >= 0.6 is 0 Å². The fourth-order valence-electron chi connectivity index (χ4n) is 5.70. The lowest BCUT2D eigenvalue weighted by atomic mass is 9.66. The molecule has 6 N–H and O–H groups in total. The lowest BCUT2D eigenvalue weighted by Gasteiger charge is -2.35. The molecule has 1 aliphatic rings. The molecular formula is C34H24O6. The Hall–Kier alpha value is -5.38. The SMILES string of the molecule is OCc1cc(O)c2c(c1C#Cc1ccc(O)cc1)C(c1ccc(O)cc1)(c1ccc(O)cc1)c1cc(O)ccc1-2. The fraction of sp³-hybridized carbons (Fsp3) is 0.0588. The van der Waals surface area contributed by atoms with E-state index in [2.05, 4.69) is 11.8 Å². The maximum Gasteiger partial charge on any atom is 0.124 e. The van der Waals surface area contributed by atoms with Crippen molar-refractivity contribution in [1.29, 1.82) is 0 Å². The molecule has 6 heteroatoms. The number of rotatable bonds is 3. The molecule has 5 aromatic carbocycles. The summed E-state index contributed by atoms with van der Waals surface area (Å²) in [5, 5.41) is 62.5. The normalized spacial score (nSPS) is 12.7. The molecule has 40 heavy (non-hydrogen) atoms. The fourth-order valence-corrected chi connectivity index (χ4v) is 5.70. The van der Waals surface area contributed by atoms with E-state index in [1.807, 2.05) is 0 Å². The summed E-state index contributed by atoms with van der Waals surface area (Å²) in [4.78, 5) is 0. The zero-order chi connectivity index (χ0) is 28.0. The zero-order valence-electron chi connectivity index (χ0n) is 21.1. The highest BCUT2D eigenvalue weighted by Gasteiger charge is 2.49. The highest BCUT2D eigenvalue weighted by Crippen LogP contribution is 2.60. The third-order valence-electron chi connectivity index (χ3n) is 7.41. The van der Waals surface area contributed by atoms with Crippen LogP contribution in [0.15, 0.2) is 97.1 Å². The van der Waals surface area contributed by atoms with Crippen LogP contribution < -0.4 is 0 Å². The van der Waals surface area contributed by atoms with Crippen LogP contribution in [0.4, 0.5) is 0 Å². The molecule has 1 aliphatic carbocycles. The Morgan fingerprint density at radius 1 is 0.575 bits per heavy atom. The Bertz CT molecular complexity index is 1760. The number of aliphatic hydroxyl groups excluding tert-OH is 1. The summed E-state index contributed by atoms with van der Waals surface area (Å²) in [6.45, 7) is -0.400. The van der Waals surface area contributed by atoms with Crippen molar-refractivity contribution in [3.8, 4) is 51.7 Å². The third-order valence-corrected chi connectivity index (χ3v) is 7.41. The quantitative estimate of drug-likeness (QED) is 0.170.